The van der Waals surface area contributed by atoms with Gasteiger partial charge in [-0.05, 0) is 68.8 Å². The lowest BCUT2D eigenvalue weighted by molar-refractivity contribution is -0.140. The molecule has 3 aromatic rings. The van der Waals surface area contributed by atoms with E-state index in [1.54, 1.807) is 13.2 Å². The van der Waals surface area contributed by atoms with Crippen molar-refractivity contribution < 1.29 is 13.9 Å². The predicted molar refractivity (Wildman–Crippen MR) is 126 cm³/mol. The van der Waals surface area contributed by atoms with Crippen molar-refractivity contribution >= 4 is 47.4 Å². The predicted octanol–water partition coefficient (Wildman–Crippen LogP) is 4.24. The molecule has 9 heteroatoms. The normalized spacial score (nSPS) is 15.1. The summed E-state index contributed by atoms with van der Waals surface area (Å²) >= 11 is 0. The van der Waals surface area contributed by atoms with E-state index >= 15 is 0 Å². The summed E-state index contributed by atoms with van der Waals surface area (Å²) in [5.41, 5.74) is 3.27. The molecule has 1 aromatic heterocycles. The largest absolute Gasteiger partial charge is 0.368 e. The molecule has 2 N–H and O–H groups in total. The van der Waals surface area contributed by atoms with Crippen LogP contribution in [0.3, 0.4) is 0 Å². The van der Waals surface area contributed by atoms with Gasteiger partial charge in [0.25, 0.3) is 5.91 Å². The van der Waals surface area contributed by atoms with Crippen molar-refractivity contribution in [3.05, 3.63) is 47.8 Å². The number of methoxy groups -OCH3 is 1. The number of piperidine rings is 1. The van der Waals surface area contributed by atoms with Crippen LogP contribution in [0.1, 0.15) is 18.4 Å². The first-order valence-electron chi connectivity index (χ1n) is 9.74. The van der Waals surface area contributed by atoms with Crippen molar-refractivity contribution in [2.45, 2.75) is 25.4 Å². The molecule has 1 saturated heterocycles. The number of rotatable bonds is 4. The monoisotopic (exact) mass is 468 g/mol. The van der Waals surface area contributed by atoms with Gasteiger partial charge in [-0.15, -0.1) is 24.8 Å². The van der Waals surface area contributed by atoms with Crippen LogP contribution in [0.15, 0.2) is 36.4 Å². The Morgan fingerprint density at radius 1 is 1.19 bits per heavy atom. The first-order valence-corrected chi connectivity index (χ1v) is 9.74. The van der Waals surface area contributed by atoms with Crippen molar-refractivity contribution in [2.75, 3.05) is 25.5 Å². The molecule has 6 nitrogen and oxygen atoms in total. The van der Waals surface area contributed by atoms with E-state index in [-0.39, 0.29) is 36.5 Å². The fourth-order valence-electron chi connectivity index (χ4n) is 3.96. The molecule has 1 fully saturated rings. The van der Waals surface area contributed by atoms with Gasteiger partial charge in [0.1, 0.15) is 17.2 Å². The van der Waals surface area contributed by atoms with Crippen LogP contribution >= 0.6 is 24.8 Å². The van der Waals surface area contributed by atoms with Gasteiger partial charge in [-0.2, -0.15) is 0 Å². The molecule has 0 bridgehead atoms. The van der Waals surface area contributed by atoms with E-state index in [0.717, 1.165) is 41.2 Å². The zero-order valence-corrected chi connectivity index (χ0v) is 19.3. The number of ether oxygens (including phenoxy) is 1. The highest BCUT2D eigenvalue weighted by Crippen LogP contribution is 2.29. The smallest absolute Gasteiger partial charge is 0.256 e. The number of carbonyl (C=O) groups is 1. The van der Waals surface area contributed by atoms with E-state index in [9.17, 15) is 9.18 Å². The quantitative estimate of drug-likeness (QED) is 0.600. The number of hydrogen-bond donors (Lipinski definition) is 2. The van der Waals surface area contributed by atoms with E-state index in [2.05, 4.69) is 15.6 Å². The molecule has 31 heavy (non-hydrogen) atoms. The fourth-order valence-corrected chi connectivity index (χ4v) is 3.96. The van der Waals surface area contributed by atoms with Gasteiger partial charge in [0, 0.05) is 31.5 Å². The number of nitrogens with one attached hydrogen (secondary N) is 2. The Kier molecular flexibility index (Phi) is 8.05. The number of hydrogen-bond acceptors (Lipinski definition) is 4. The van der Waals surface area contributed by atoms with Crippen LogP contribution in [0.4, 0.5) is 10.1 Å². The number of nitrogens with zero attached hydrogens (tertiary/aromatic N) is 2. The van der Waals surface area contributed by atoms with Crippen LogP contribution in [0, 0.1) is 12.7 Å². The number of imidazole rings is 1. The minimum Gasteiger partial charge on any atom is -0.368 e. The zero-order chi connectivity index (χ0) is 20.6. The Morgan fingerprint density at radius 3 is 2.55 bits per heavy atom. The van der Waals surface area contributed by atoms with Crippen LogP contribution < -0.4 is 10.6 Å². The van der Waals surface area contributed by atoms with Gasteiger partial charge in [-0.25, -0.2) is 9.37 Å². The molecule has 2 heterocycles. The molecule has 1 aliphatic heterocycles. The van der Waals surface area contributed by atoms with Crippen molar-refractivity contribution in [3.63, 3.8) is 0 Å². The lowest BCUT2D eigenvalue weighted by Crippen LogP contribution is -2.51. The van der Waals surface area contributed by atoms with E-state index in [1.807, 2.05) is 36.7 Å². The molecule has 0 atom stereocenters. The summed E-state index contributed by atoms with van der Waals surface area (Å²) in [6, 6.07) is 10.4. The van der Waals surface area contributed by atoms with Crippen LogP contribution in [0.25, 0.3) is 22.4 Å². The summed E-state index contributed by atoms with van der Waals surface area (Å²) in [4.78, 5) is 17.5. The Labute approximate surface area is 193 Å². The summed E-state index contributed by atoms with van der Waals surface area (Å²) in [6.07, 6.45) is 1.28. The Morgan fingerprint density at radius 2 is 1.90 bits per heavy atom. The van der Waals surface area contributed by atoms with E-state index in [4.69, 9.17) is 4.74 Å². The van der Waals surface area contributed by atoms with Crippen molar-refractivity contribution in [1.29, 1.82) is 0 Å². The third kappa shape index (κ3) is 4.70. The van der Waals surface area contributed by atoms with E-state index in [1.165, 1.54) is 12.1 Å². The minimum atomic E-state index is -0.794. The number of halogens is 3. The molecule has 0 radical (unpaired) electrons. The van der Waals surface area contributed by atoms with E-state index in [0.29, 0.717) is 18.4 Å². The first kappa shape index (κ1) is 25.1. The highest BCUT2D eigenvalue weighted by molar-refractivity contribution is 5.98. The number of carbonyl (C=O) groups excluding carboxylic acids is 1. The van der Waals surface area contributed by atoms with Gasteiger partial charge < -0.3 is 19.9 Å². The number of benzene rings is 2. The molecule has 1 amide bonds. The second kappa shape index (κ2) is 9.96. The maximum atomic E-state index is 13.5. The SMILES string of the molecule is COC1(C(=O)Nc2ccc(-c3nc4cc(F)ccc4n3C)cc2C)CCNCC1.Cl.Cl. The van der Waals surface area contributed by atoms with Gasteiger partial charge in [0.2, 0.25) is 0 Å². The summed E-state index contributed by atoms with van der Waals surface area (Å²) in [5, 5.41) is 6.29. The number of anilines is 1. The summed E-state index contributed by atoms with van der Waals surface area (Å²) < 4.78 is 21.1. The van der Waals surface area contributed by atoms with Crippen molar-refractivity contribution in [1.82, 2.24) is 14.9 Å². The van der Waals surface area contributed by atoms with Gasteiger partial charge in [0.15, 0.2) is 0 Å². The highest BCUT2D eigenvalue weighted by Gasteiger charge is 2.39. The second-order valence-corrected chi connectivity index (χ2v) is 7.56. The van der Waals surface area contributed by atoms with Gasteiger partial charge in [-0.3, -0.25) is 4.79 Å². The maximum absolute atomic E-state index is 13.5. The van der Waals surface area contributed by atoms with Crippen LogP contribution in [-0.4, -0.2) is 41.3 Å². The third-order valence-corrected chi connectivity index (χ3v) is 5.79. The van der Waals surface area contributed by atoms with Gasteiger partial charge >= 0.3 is 0 Å². The molecule has 0 saturated carbocycles. The first-order chi connectivity index (χ1) is 13.9. The molecule has 2 aromatic carbocycles. The van der Waals surface area contributed by atoms with Crippen molar-refractivity contribution in [2.24, 2.45) is 7.05 Å². The van der Waals surface area contributed by atoms with Gasteiger partial charge in [-0.1, -0.05) is 0 Å². The molecule has 0 spiro atoms. The Balaban J connectivity index is 0.00000171. The van der Waals surface area contributed by atoms with E-state index < -0.39 is 5.60 Å². The molecule has 4 rings (SSSR count). The van der Waals surface area contributed by atoms with Crippen LogP contribution in [-0.2, 0) is 16.6 Å². The summed E-state index contributed by atoms with van der Waals surface area (Å²) in [7, 11) is 3.50. The van der Waals surface area contributed by atoms with Gasteiger partial charge in [0.05, 0.1) is 11.0 Å². The lowest BCUT2D eigenvalue weighted by Gasteiger charge is -2.34. The Hall–Kier alpha value is -2.19. The molecular formula is C22H27Cl2FN4O2. The second-order valence-electron chi connectivity index (χ2n) is 7.56. The highest BCUT2D eigenvalue weighted by atomic mass is 35.5. The molecule has 0 unspecified atom stereocenters. The lowest BCUT2D eigenvalue weighted by atomic mass is 9.91. The molecule has 0 aliphatic carbocycles. The average molecular weight is 469 g/mol. The number of aryl methyl sites for hydroxylation is 2. The molecule has 168 valence electrons. The zero-order valence-electron chi connectivity index (χ0n) is 17.7. The standard InChI is InChI=1S/C22H25FN4O2.2ClH/c1-14-12-15(20-25-18-13-16(23)5-7-19(18)27(20)2)4-6-17(14)26-21(28)22(29-3)8-10-24-11-9-22;;/h4-7,12-13,24H,8-11H2,1-3H3,(H,26,28);2*1H. The number of amides is 1. The topological polar surface area (TPSA) is 68.2 Å². The maximum Gasteiger partial charge on any atom is 0.256 e. The minimum absolute atomic E-state index is 0. The summed E-state index contributed by atoms with van der Waals surface area (Å²) in [6.45, 7) is 3.46. The average Bonchev–Trinajstić information content (AvgIpc) is 3.05. The molecule has 1 aliphatic rings. The Bertz CT molecular complexity index is 1080. The third-order valence-electron chi connectivity index (χ3n) is 5.79. The summed E-state index contributed by atoms with van der Waals surface area (Å²) in [5.74, 6) is 0.329. The van der Waals surface area contributed by atoms with Crippen molar-refractivity contribution in [3.8, 4) is 11.4 Å². The van der Waals surface area contributed by atoms with Crippen LogP contribution in [0.5, 0.6) is 0 Å². The fraction of sp³-hybridized carbons (Fsp3) is 0.364. The molecular weight excluding hydrogens is 442 g/mol. The van der Waals surface area contributed by atoms with Crippen LogP contribution in [0.2, 0.25) is 0 Å². The number of aromatic nitrogens is 2. The number of fused-ring (bicyclic) bond motifs is 1.